The molecule has 1 amide bonds. The number of likely N-dealkylation sites (tertiary alicyclic amines) is 1. The molecule has 0 radical (unpaired) electrons. The van der Waals surface area contributed by atoms with Crippen molar-refractivity contribution in [1.82, 2.24) is 4.90 Å². The molecule has 2 aliphatic rings. The van der Waals surface area contributed by atoms with Gasteiger partial charge in [-0.15, -0.1) is 0 Å². The fraction of sp³-hybridized carbons (Fsp3) is 0.591. The summed E-state index contributed by atoms with van der Waals surface area (Å²) in [6.45, 7) is 11.2. The molecule has 1 fully saturated rings. The number of nitrogens with zero attached hydrogens (tertiary/aromatic N) is 2. The van der Waals surface area contributed by atoms with Gasteiger partial charge in [0.15, 0.2) is 0 Å². The van der Waals surface area contributed by atoms with Gasteiger partial charge in [-0.1, -0.05) is 6.08 Å². The molecule has 3 rings (SSSR count). The monoisotopic (exact) mass is 372 g/mol. The van der Waals surface area contributed by atoms with Gasteiger partial charge in [-0.25, -0.2) is 0 Å². The van der Waals surface area contributed by atoms with Crippen LogP contribution in [-0.4, -0.2) is 54.3 Å². The third-order valence-electron chi connectivity index (χ3n) is 5.56. The molecule has 1 saturated heterocycles. The lowest BCUT2D eigenvalue weighted by molar-refractivity contribution is -0.121. The molecule has 0 saturated carbocycles. The highest BCUT2D eigenvalue weighted by Gasteiger charge is 2.36. The Morgan fingerprint density at radius 2 is 2.15 bits per heavy atom. The second kappa shape index (κ2) is 8.03. The van der Waals surface area contributed by atoms with Gasteiger partial charge in [0, 0.05) is 18.7 Å². The quantitative estimate of drug-likeness (QED) is 0.861. The summed E-state index contributed by atoms with van der Waals surface area (Å²) in [5.41, 5.74) is 2.79. The number of amides is 1. The number of anilines is 1. The van der Waals surface area contributed by atoms with Gasteiger partial charge in [-0.05, 0) is 76.8 Å². The molecule has 27 heavy (non-hydrogen) atoms. The summed E-state index contributed by atoms with van der Waals surface area (Å²) in [6, 6.07) is 5.98. The van der Waals surface area contributed by atoms with Gasteiger partial charge < -0.3 is 14.7 Å². The van der Waals surface area contributed by atoms with E-state index in [1.54, 1.807) is 0 Å². The SMILES string of the molecule is CCOc1ccc2c(c1)C(C)=CC(C)(C)N2C(=O)CN1CCCC(CO)C1. The number of hydrogen-bond donors (Lipinski definition) is 1. The Morgan fingerprint density at radius 1 is 1.37 bits per heavy atom. The lowest BCUT2D eigenvalue weighted by Gasteiger charge is -2.43. The van der Waals surface area contributed by atoms with Crippen LogP contribution in [0.4, 0.5) is 5.69 Å². The summed E-state index contributed by atoms with van der Waals surface area (Å²) in [7, 11) is 0. The Bertz CT molecular complexity index is 726. The van der Waals surface area contributed by atoms with Crippen LogP contribution in [0.1, 0.15) is 46.1 Å². The smallest absolute Gasteiger partial charge is 0.241 e. The molecule has 5 heteroatoms. The number of allylic oxidation sites excluding steroid dienone is 1. The van der Waals surface area contributed by atoms with Crippen molar-refractivity contribution in [2.24, 2.45) is 5.92 Å². The van der Waals surface area contributed by atoms with Crippen molar-refractivity contribution in [3.63, 3.8) is 0 Å². The van der Waals surface area contributed by atoms with E-state index in [1.807, 2.05) is 30.0 Å². The number of carbonyl (C=O) groups is 1. The number of hydrogen-bond acceptors (Lipinski definition) is 4. The molecule has 0 spiro atoms. The van der Waals surface area contributed by atoms with Gasteiger partial charge in [0.1, 0.15) is 5.75 Å². The summed E-state index contributed by atoms with van der Waals surface area (Å²) in [5.74, 6) is 1.22. The Balaban J connectivity index is 1.86. The molecular weight excluding hydrogens is 340 g/mol. The number of fused-ring (bicyclic) bond motifs is 1. The average molecular weight is 373 g/mol. The molecule has 2 aliphatic heterocycles. The molecule has 1 aromatic rings. The van der Waals surface area contributed by atoms with Gasteiger partial charge in [0.2, 0.25) is 5.91 Å². The van der Waals surface area contributed by atoms with Crippen LogP contribution in [0.15, 0.2) is 24.3 Å². The molecular formula is C22H32N2O3. The molecule has 148 valence electrons. The van der Waals surface area contributed by atoms with Crippen LogP contribution in [0.25, 0.3) is 5.57 Å². The standard InChI is InChI=1S/C22H32N2O3/c1-5-27-18-8-9-20-19(11-18)16(2)12-22(3,4)24(20)21(26)14-23-10-6-7-17(13-23)15-25/h8-9,11-12,17,25H,5-7,10,13-15H2,1-4H3. The predicted molar refractivity (Wildman–Crippen MR) is 109 cm³/mol. The minimum atomic E-state index is -0.381. The summed E-state index contributed by atoms with van der Waals surface area (Å²) in [4.78, 5) is 17.4. The minimum absolute atomic E-state index is 0.104. The van der Waals surface area contributed by atoms with Crippen molar-refractivity contribution in [3.05, 3.63) is 29.8 Å². The first-order valence-corrected chi connectivity index (χ1v) is 9.98. The van der Waals surface area contributed by atoms with E-state index in [1.165, 1.54) is 5.57 Å². The zero-order chi connectivity index (χ0) is 19.6. The third-order valence-corrected chi connectivity index (χ3v) is 5.56. The number of benzene rings is 1. The van der Waals surface area contributed by atoms with Crippen molar-refractivity contribution < 1.29 is 14.6 Å². The lowest BCUT2D eigenvalue weighted by atomic mass is 9.88. The lowest BCUT2D eigenvalue weighted by Crippen LogP contribution is -2.53. The maximum atomic E-state index is 13.3. The van der Waals surface area contributed by atoms with Gasteiger partial charge >= 0.3 is 0 Å². The van der Waals surface area contributed by atoms with E-state index in [0.717, 1.165) is 42.9 Å². The average Bonchev–Trinajstić information content (AvgIpc) is 2.62. The Kier molecular flexibility index (Phi) is 5.92. The molecule has 0 bridgehead atoms. The number of aliphatic hydroxyl groups is 1. The highest BCUT2D eigenvalue weighted by molar-refractivity contribution is 6.01. The number of ether oxygens (including phenoxy) is 1. The zero-order valence-electron chi connectivity index (χ0n) is 17.0. The van der Waals surface area contributed by atoms with Crippen LogP contribution >= 0.6 is 0 Å². The minimum Gasteiger partial charge on any atom is -0.494 e. The van der Waals surface area contributed by atoms with Crippen molar-refractivity contribution in [2.45, 2.75) is 46.1 Å². The highest BCUT2D eigenvalue weighted by Crippen LogP contribution is 2.40. The number of rotatable bonds is 5. The van der Waals surface area contributed by atoms with E-state index >= 15 is 0 Å². The maximum Gasteiger partial charge on any atom is 0.241 e. The summed E-state index contributed by atoms with van der Waals surface area (Å²) < 4.78 is 5.65. The van der Waals surface area contributed by atoms with Crippen LogP contribution in [-0.2, 0) is 4.79 Å². The fourth-order valence-electron chi connectivity index (χ4n) is 4.43. The van der Waals surface area contributed by atoms with Gasteiger partial charge in [0.05, 0.1) is 24.4 Å². The molecule has 2 heterocycles. The van der Waals surface area contributed by atoms with Crippen LogP contribution in [0.5, 0.6) is 5.75 Å². The second-order valence-corrected chi connectivity index (χ2v) is 8.25. The first-order chi connectivity index (χ1) is 12.9. The van der Waals surface area contributed by atoms with E-state index in [-0.39, 0.29) is 24.0 Å². The van der Waals surface area contributed by atoms with E-state index in [9.17, 15) is 9.90 Å². The highest BCUT2D eigenvalue weighted by atomic mass is 16.5. The zero-order valence-corrected chi connectivity index (χ0v) is 17.0. The second-order valence-electron chi connectivity index (χ2n) is 8.25. The van der Waals surface area contributed by atoms with E-state index < -0.39 is 0 Å². The Hall–Kier alpha value is -1.85. The first-order valence-electron chi connectivity index (χ1n) is 9.98. The predicted octanol–water partition coefficient (Wildman–Crippen LogP) is 3.32. The van der Waals surface area contributed by atoms with Crippen LogP contribution < -0.4 is 9.64 Å². The summed E-state index contributed by atoms with van der Waals surface area (Å²) >= 11 is 0. The molecule has 1 N–H and O–H groups in total. The fourth-order valence-corrected chi connectivity index (χ4v) is 4.43. The molecule has 0 aliphatic carbocycles. The van der Waals surface area contributed by atoms with Gasteiger partial charge in [0.25, 0.3) is 0 Å². The maximum absolute atomic E-state index is 13.3. The molecule has 1 unspecified atom stereocenters. The van der Waals surface area contributed by atoms with Gasteiger partial charge in [-0.3, -0.25) is 9.69 Å². The van der Waals surface area contributed by atoms with Crippen LogP contribution in [0, 0.1) is 5.92 Å². The molecule has 1 aromatic carbocycles. The van der Waals surface area contributed by atoms with E-state index in [4.69, 9.17) is 4.74 Å². The number of aliphatic hydroxyl groups excluding tert-OH is 1. The Morgan fingerprint density at radius 3 is 2.85 bits per heavy atom. The molecule has 0 aromatic heterocycles. The Labute approximate surface area is 162 Å². The number of carbonyl (C=O) groups excluding carboxylic acids is 1. The molecule has 1 atom stereocenters. The first kappa shape index (κ1) is 19.9. The normalized spacial score (nSPS) is 22.2. The third kappa shape index (κ3) is 4.19. The molecule has 5 nitrogen and oxygen atoms in total. The van der Waals surface area contributed by atoms with E-state index in [2.05, 4.69) is 31.7 Å². The largest absolute Gasteiger partial charge is 0.494 e. The topological polar surface area (TPSA) is 53.0 Å². The number of piperidine rings is 1. The van der Waals surface area contributed by atoms with Crippen LogP contribution in [0.3, 0.4) is 0 Å². The van der Waals surface area contributed by atoms with Gasteiger partial charge in [-0.2, -0.15) is 0 Å². The van der Waals surface area contributed by atoms with Crippen LogP contribution in [0.2, 0.25) is 0 Å². The van der Waals surface area contributed by atoms with Crippen molar-refractivity contribution in [1.29, 1.82) is 0 Å². The van der Waals surface area contributed by atoms with Crippen molar-refractivity contribution in [2.75, 3.05) is 37.7 Å². The van der Waals surface area contributed by atoms with E-state index in [0.29, 0.717) is 13.2 Å². The summed E-state index contributed by atoms with van der Waals surface area (Å²) in [6.07, 6.45) is 4.24. The van der Waals surface area contributed by atoms with Crippen molar-refractivity contribution >= 4 is 17.2 Å². The van der Waals surface area contributed by atoms with Crippen molar-refractivity contribution in [3.8, 4) is 5.75 Å². The summed E-state index contributed by atoms with van der Waals surface area (Å²) in [5, 5.41) is 9.46.